The predicted molar refractivity (Wildman–Crippen MR) is 111 cm³/mol. The maximum Gasteiger partial charge on any atom is 0.329 e. The van der Waals surface area contributed by atoms with Gasteiger partial charge in [-0.1, -0.05) is 6.42 Å². The maximum atomic E-state index is 12.7. The number of esters is 1. The Balaban J connectivity index is 0.00000182. The quantitative estimate of drug-likeness (QED) is 0.660. The average Bonchev–Trinajstić information content (AvgIpc) is 2.98. The summed E-state index contributed by atoms with van der Waals surface area (Å²) in [5.74, 6) is -0.122. The van der Waals surface area contributed by atoms with E-state index in [2.05, 4.69) is 33.5 Å². The van der Waals surface area contributed by atoms with E-state index >= 15 is 0 Å². The van der Waals surface area contributed by atoms with E-state index in [0.29, 0.717) is 6.61 Å². The van der Waals surface area contributed by atoms with Gasteiger partial charge in [0.25, 0.3) is 0 Å². The molecule has 0 N–H and O–H groups in total. The van der Waals surface area contributed by atoms with Gasteiger partial charge in [0.1, 0.15) is 6.04 Å². The molecule has 0 radical (unpaired) electrons. The Labute approximate surface area is 175 Å². The molecule has 2 fully saturated rings. The van der Waals surface area contributed by atoms with E-state index in [1.54, 1.807) is 0 Å². The number of hydrogen-bond acceptors (Lipinski definition) is 5. The van der Waals surface area contributed by atoms with Crippen molar-refractivity contribution in [2.45, 2.75) is 38.8 Å². The van der Waals surface area contributed by atoms with Crippen LogP contribution in [0.3, 0.4) is 0 Å². The first-order valence-electron chi connectivity index (χ1n) is 9.56. The molecule has 156 valence electrons. The highest BCUT2D eigenvalue weighted by atomic mass is 35.5. The number of halogens is 2. The Bertz CT molecular complexity index is 571. The molecule has 1 atom stereocenters. The van der Waals surface area contributed by atoms with E-state index in [1.165, 1.54) is 12.1 Å². The Kier molecular flexibility index (Phi) is 10.7. The molecule has 27 heavy (non-hydrogen) atoms. The first-order chi connectivity index (χ1) is 12.2. The molecule has 2 saturated heterocycles. The first kappa shape index (κ1) is 24.2. The summed E-state index contributed by atoms with van der Waals surface area (Å²) < 4.78 is 13.0. The van der Waals surface area contributed by atoms with Gasteiger partial charge in [0.2, 0.25) is 0 Å². The zero-order valence-corrected chi connectivity index (χ0v) is 18.0. The van der Waals surface area contributed by atoms with Gasteiger partial charge in [-0.25, -0.2) is 4.79 Å². The van der Waals surface area contributed by atoms with Crippen molar-refractivity contribution in [3.63, 3.8) is 0 Å². The second-order valence-electron chi connectivity index (χ2n) is 6.95. The Morgan fingerprint density at radius 2 is 1.78 bits per heavy atom. The van der Waals surface area contributed by atoms with Crippen molar-refractivity contribution in [3.05, 3.63) is 23.5 Å². The topological polar surface area (TPSA) is 46.9 Å². The minimum atomic E-state index is -0.288. The fourth-order valence-corrected chi connectivity index (χ4v) is 3.85. The van der Waals surface area contributed by atoms with Gasteiger partial charge in [0.15, 0.2) is 0 Å². The Morgan fingerprint density at radius 3 is 2.41 bits per heavy atom. The van der Waals surface area contributed by atoms with Gasteiger partial charge in [-0.15, -0.1) is 24.8 Å². The maximum absolute atomic E-state index is 12.7. The zero-order chi connectivity index (χ0) is 17.6. The van der Waals surface area contributed by atoms with E-state index < -0.39 is 0 Å². The summed E-state index contributed by atoms with van der Waals surface area (Å²) >= 11 is 0. The van der Waals surface area contributed by atoms with Gasteiger partial charge in [-0.2, -0.15) is 0 Å². The fourth-order valence-electron chi connectivity index (χ4n) is 3.85. The van der Waals surface area contributed by atoms with Crippen molar-refractivity contribution >= 4 is 30.8 Å². The normalized spacial score (nSPS) is 19.6. The Hall–Kier alpha value is -0.790. The van der Waals surface area contributed by atoms with Crippen molar-refractivity contribution < 1.29 is 14.3 Å². The van der Waals surface area contributed by atoms with Crippen molar-refractivity contribution in [2.75, 3.05) is 46.0 Å². The summed E-state index contributed by atoms with van der Waals surface area (Å²) in [5, 5.41) is 0. The van der Waals surface area contributed by atoms with E-state index in [0.717, 1.165) is 64.5 Å². The van der Waals surface area contributed by atoms with Crippen molar-refractivity contribution in [1.82, 2.24) is 14.4 Å². The first-order valence-corrected chi connectivity index (χ1v) is 9.56. The highest BCUT2D eigenvalue weighted by molar-refractivity contribution is 5.85. The standard InChI is InChI=1S/C19H31N3O3.2ClH/c1-3-25-19(23)18(22-9-5-4-6-10-22)17-8-7-16(20(17)2)15-21-11-13-24-14-12-21;;/h7-8,18H,3-6,9-15H2,1-2H3;2*1H. The molecule has 0 aliphatic carbocycles. The SMILES string of the molecule is CCOC(=O)C(c1ccc(CN2CCOCC2)n1C)N1CCCCC1.Cl.Cl. The second kappa shape index (κ2) is 11.9. The molecule has 3 rings (SSSR count). The number of nitrogens with zero attached hydrogens (tertiary/aromatic N) is 3. The molecule has 2 aliphatic rings. The monoisotopic (exact) mass is 421 g/mol. The summed E-state index contributed by atoms with van der Waals surface area (Å²) in [5.41, 5.74) is 2.28. The van der Waals surface area contributed by atoms with E-state index in [9.17, 15) is 4.79 Å². The van der Waals surface area contributed by atoms with Crippen LogP contribution >= 0.6 is 24.8 Å². The van der Waals surface area contributed by atoms with Gasteiger partial charge in [-0.05, 0) is 45.0 Å². The molecule has 6 nitrogen and oxygen atoms in total. The van der Waals surface area contributed by atoms with Crippen LogP contribution in [0, 0.1) is 0 Å². The van der Waals surface area contributed by atoms with Crippen molar-refractivity contribution in [3.8, 4) is 0 Å². The highest BCUT2D eigenvalue weighted by Gasteiger charge is 2.32. The van der Waals surface area contributed by atoms with Crippen molar-refractivity contribution in [1.29, 1.82) is 0 Å². The average molecular weight is 422 g/mol. The number of piperidine rings is 1. The number of carbonyl (C=O) groups excluding carboxylic acids is 1. The molecule has 1 unspecified atom stereocenters. The van der Waals surface area contributed by atoms with Crippen LogP contribution in [-0.2, 0) is 27.9 Å². The summed E-state index contributed by atoms with van der Waals surface area (Å²) in [7, 11) is 2.07. The fraction of sp³-hybridized carbons (Fsp3) is 0.737. The van der Waals surface area contributed by atoms with Crippen LogP contribution in [0.5, 0.6) is 0 Å². The van der Waals surface area contributed by atoms with Crippen LogP contribution in [0.2, 0.25) is 0 Å². The number of hydrogen-bond donors (Lipinski definition) is 0. The molecule has 0 saturated carbocycles. The van der Waals surface area contributed by atoms with Gasteiger partial charge < -0.3 is 14.0 Å². The van der Waals surface area contributed by atoms with Crippen LogP contribution in [0.4, 0.5) is 0 Å². The lowest BCUT2D eigenvalue weighted by molar-refractivity contribution is -0.150. The molecule has 8 heteroatoms. The summed E-state index contributed by atoms with van der Waals surface area (Å²) in [6.07, 6.45) is 3.56. The van der Waals surface area contributed by atoms with Crippen LogP contribution < -0.4 is 0 Å². The lowest BCUT2D eigenvalue weighted by Gasteiger charge is -2.33. The smallest absolute Gasteiger partial charge is 0.329 e. The summed E-state index contributed by atoms with van der Waals surface area (Å²) in [6, 6.07) is 3.97. The van der Waals surface area contributed by atoms with Crippen LogP contribution in [-0.4, -0.2) is 66.3 Å². The van der Waals surface area contributed by atoms with Gasteiger partial charge in [0.05, 0.1) is 19.8 Å². The molecular formula is C19H33Cl2N3O3. The lowest BCUT2D eigenvalue weighted by Crippen LogP contribution is -2.40. The van der Waals surface area contributed by atoms with Crippen LogP contribution in [0.15, 0.2) is 12.1 Å². The lowest BCUT2D eigenvalue weighted by atomic mass is 10.1. The molecule has 2 aliphatic heterocycles. The number of rotatable bonds is 6. The molecular weight excluding hydrogens is 389 g/mol. The number of aromatic nitrogens is 1. The number of morpholine rings is 1. The number of carbonyl (C=O) groups is 1. The van der Waals surface area contributed by atoms with Gasteiger partial charge >= 0.3 is 5.97 Å². The highest BCUT2D eigenvalue weighted by Crippen LogP contribution is 2.27. The van der Waals surface area contributed by atoms with Gasteiger partial charge in [-0.3, -0.25) is 9.80 Å². The van der Waals surface area contributed by atoms with E-state index in [-0.39, 0.29) is 36.8 Å². The molecule has 0 aromatic carbocycles. The van der Waals surface area contributed by atoms with Crippen molar-refractivity contribution in [2.24, 2.45) is 7.05 Å². The number of ether oxygens (including phenoxy) is 2. The van der Waals surface area contributed by atoms with Crippen LogP contribution in [0.25, 0.3) is 0 Å². The zero-order valence-electron chi connectivity index (χ0n) is 16.4. The second-order valence-corrected chi connectivity index (χ2v) is 6.95. The largest absolute Gasteiger partial charge is 0.465 e. The molecule has 0 bridgehead atoms. The predicted octanol–water partition coefficient (Wildman–Crippen LogP) is 2.79. The van der Waals surface area contributed by atoms with Crippen LogP contribution in [0.1, 0.15) is 43.6 Å². The molecule has 0 amide bonds. The molecule has 3 heterocycles. The molecule has 1 aromatic heterocycles. The third kappa shape index (κ3) is 6.09. The minimum absolute atomic E-state index is 0. The summed E-state index contributed by atoms with van der Waals surface area (Å²) in [4.78, 5) is 17.4. The van der Waals surface area contributed by atoms with E-state index in [4.69, 9.17) is 9.47 Å². The van der Waals surface area contributed by atoms with Gasteiger partial charge in [0, 0.05) is 38.1 Å². The minimum Gasteiger partial charge on any atom is -0.465 e. The third-order valence-electron chi connectivity index (χ3n) is 5.30. The third-order valence-corrected chi connectivity index (χ3v) is 5.30. The summed E-state index contributed by atoms with van der Waals surface area (Å²) in [6.45, 7) is 8.67. The molecule has 0 spiro atoms. The Morgan fingerprint density at radius 1 is 1.11 bits per heavy atom. The number of likely N-dealkylation sites (tertiary alicyclic amines) is 1. The van der Waals surface area contributed by atoms with E-state index in [1.807, 2.05) is 6.92 Å². The molecule has 1 aromatic rings.